The standard InChI is InChI=1S/K.5H2O.Si/h;5*1H2;/q+1;;;;;;+4/p-5. The summed E-state index contributed by atoms with van der Waals surface area (Å²) in [5.41, 5.74) is 0. The van der Waals surface area contributed by atoms with Crippen molar-refractivity contribution in [3.63, 3.8) is 0 Å². The van der Waals surface area contributed by atoms with Gasteiger partial charge in [0.1, 0.15) is 0 Å². The van der Waals surface area contributed by atoms with Gasteiger partial charge in [0.25, 0.3) is 0 Å². The van der Waals surface area contributed by atoms with Gasteiger partial charge in [0.05, 0.1) is 0 Å². The van der Waals surface area contributed by atoms with Crippen LogP contribution in [0.25, 0.3) is 0 Å². The molecule has 0 atom stereocenters. The topological polar surface area (TPSA) is 150 Å². The molecule has 0 spiro atoms. The van der Waals surface area contributed by atoms with E-state index in [1.54, 1.807) is 0 Å². The molecule has 0 aromatic heterocycles. The van der Waals surface area contributed by atoms with Crippen molar-refractivity contribution in [3.05, 3.63) is 0 Å². The monoisotopic (exact) mass is 152 g/mol. The van der Waals surface area contributed by atoms with Crippen LogP contribution in [0.4, 0.5) is 0 Å². The van der Waals surface area contributed by atoms with Gasteiger partial charge in [0, 0.05) is 0 Å². The van der Waals surface area contributed by atoms with Gasteiger partial charge >= 0.3 is 62.3 Å². The van der Waals surface area contributed by atoms with Gasteiger partial charge in [-0.15, -0.1) is 0 Å². The van der Waals surface area contributed by atoms with Crippen LogP contribution in [0, 0.1) is 0 Å². The van der Waals surface area contributed by atoms with Crippen LogP contribution >= 0.6 is 0 Å². The summed E-state index contributed by atoms with van der Waals surface area (Å²) in [7, 11) is 0. The van der Waals surface area contributed by atoms with Crippen LogP contribution in [0.15, 0.2) is 0 Å². The van der Waals surface area contributed by atoms with Crippen molar-refractivity contribution in [3.8, 4) is 0 Å². The first-order chi connectivity index (χ1) is 0. The molecular formula is H5KO5Si. The normalized spacial score (nSPS) is 0. The maximum Gasteiger partial charge on any atom is 4.00 e. The van der Waals surface area contributed by atoms with Crippen molar-refractivity contribution in [1.82, 2.24) is 0 Å². The molecule has 40 valence electrons. The Morgan fingerprint density at radius 2 is 0.429 bits per heavy atom. The van der Waals surface area contributed by atoms with Crippen LogP contribution in [0.5, 0.6) is 0 Å². The molecular weight excluding hydrogens is 147 g/mol. The van der Waals surface area contributed by atoms with Crippen LogP contribution in [0.3, 0.4) is 0 Å². The minimum atomic E-state index is 0. The minimum Gasteiger partial charge on any atom is -0.870 e. The van der Waals surface area contributed by atoms with E-state index in [9.17, 15) is 0 Å². The maximum atomic E-state index is 0. The molecule has 0 amide bonds. The summed E-state index contributed by atoms with van der Waals surface area (Å²) in [6.45, 7) is 0. The number of hydrogen-bond donors (Lipinski definition) is 0. The van der Waals surface area contributed by atoms with Crippen molar-refractivity contribution in [2.45, 2.75) is 0 Å². The fourth-order valence-electron chi connectivity index (χ4n) is 0. The van der Waals surface area contributed by atoms with Gasteiger partial charge in [-0.05, 0) is 0 Å². The molecule has 0 aliphatic carbocycles. The van der Waals surface area contributed by atoms with Gasteiger partial charge in [-0.3, -0.25) is 0 Å². The summed E-state index contributed by atoms with van der Waals surface area (Å²) in [5, 5.41) is 0. The van der Waals surface area contributed by atoms with E-state index in [4.69, 9.17) is 0 Å². The Balaban J connectivity index is 0. The molecule has 0 rings (SSSR count). The van der Waals surface area contributed by atoms with E-state index in [2.05, 4.69) is 0 Å². The fraction of sp³-hybridized carbons (Fsp3) is 0. The molecule has 0 radical (unpaired) electrons. The van der Waals surface area contributed by atoms with Gasteiger partial charge in [0.2, 0.25) is 0 Å². The van der Waals surface area contributed by atoms with Crippen LogP contribution in [-0.2, 0) is 0 Å². The molecule has 0 saturated heterocycles. The van der Waals surface area contributed by atoms with Crippen molar-refractivity contribution >= 4 is 11.0 Å². The van der Waals surface area contributed by atoms with Crippen LogP contribution in [-0.4, -0.2) is 38.3 Å². The Bertz CT molecular complexity index is 8.04. The second kappa shape index (κ2) is 124. The van der Waals surface area contributed by atoms with Crippen molar-refractivity contribution < 1.29 is 78.8 Å². The van der Waals surface area contributed by atoms with Crippen LogP contribution in [0.1, 0.15) is 0 Å². The van der Waals surface area contributed by atoms with Crippen molar-refractivity contribution in [2.24, 2.45) is 0 Å². The van der Waals surface area contributed by atoms with E-state index >= 15 is 0 Å². The van der Waals surface area contributed by atoms with Crippen molar-refractivity contribution in [1.29, 1.82) is 0 Å². The smallest absolute Gasteiger partial charge is 0.870 e. The maximum absolute atomic E-state index is 0. The van der Waals surface area contributed by atoms with Gasteiger partial charge in [-0.2, -0.15) is 0 Å². The van der Waals surface area contributed by atoms with E-state index in [-0.39, 0.29) is 89.7 Å². The number of hydrogen-bond acceptors (Lipinski definition) is 5. The van der Waals surface area contributed by atoms with E-state index < -0.39 is 0 Å². The summed E-state index contributed by atoms with van der Waals surface area (Å²) in [6, 6.07) is 0. The van der Waals surface area contributed by atoms with Gasteiger partial charge in [0.15, 0.2) is 0 Å². The molecule has 0 aromatic carbocycles. The summed E-state index contributed by atoms with van der Waals surface area (Å²) < 4.78 is 0. The minimum absolute atomic E-state index is 0. The summed E-state index contributed by atoms with van der Waals surface area (Å²) in [6.07, 6.45) is 0. The largest absolute Gasteiger partial charge is 4.00 e. The molecule has 5 nitrogen and oxygen atoms in total. The zero-order valence-corrected chi connectivity index (χ0v) is 7.86. The van der Waals surface area contributed by atoms with E-state index in [0.717, 1.165) is 0 Å². The second-order valence-corrected chi connectivity index (χ2v) is 0. The SMILES string of the molecule is [K+].[OH-].[OH-].[OH-].[OH-].[OH-].[Si+4]. The Hall–Kier alpha value is 1.65. The third-order valence-corrected chi connectivity index (χ3v) is 0. The van der Waals surface area contributed by atoms with E-state index in [0.29, 0.717) is 0 Å². The summed E-state index contributed by atoms with van der Waals surface area (Å²) >= 11 is 0. The van der Waals surface area contributed by atoms with Gasteiger partial charge < -0.3 is 27.4 Å². The van der Waals surface area contributed by atoms with Crippen LogP contribution < -0.4 is 51.4 Å². The predicted molar refractivity (Wildman–Crippen MR) is 15.4 cm³/mol. The van der Waals surface area contributed by atoms with E-state index in [1.165, 1.54) is 0 Å². The Labute approximate surface area is 88.5 Å². The summed E-state index contributed by atoms with van der Waals surface area (Å²) in [5.74, 6) is 0. The fourth-order valence-corrected chi connectivity index (χ4v) is 0. The second-order valence-electron chi connectivity index (χ2n) is 0. The Kier molecular flexibility index (Phi) is 3280. The average molecular weight is 152 g/mol. The summed E-state index contributed by atoms with van der Waals surface area (Å²) in [4.78, 5) is 0. The molecule has 7 heavy (non-hydrogen) atoms. The van der Waals surface area contributed by atoms with Gasteiger partial charge in [-0.1, -0.05) is 0 Å². The third kappa shape index (κ3) is 89.5. The zero-order valence-electron chi connectivity index (χ0n) is 3.74. The molecule has 0 saturated carbocycles. The molecule has 0 fully saturated rings. The first-order valence-electron chi connectivity index (χ1n) is 0. The Morgan fingerprint density at radius 3 is 0.429 bits per heavy atom. The number of rotatable bonds is 0. The molecule has 0 aliphatic heterocycles. The predicted octanol–water partition coefficient (Wildman–Crippen LogP) is -4.26. The van der Waals surface area contributed by atoms with Gasteiger partial charge in [-0.25, -0.2) is 0 Å². The molecule has 0 aromatic rings. The Morgan fingerprint density at radius 1 is 0.429 bits per heavy atom. The quantitative estimate of drug-likeness (QED) is 0.322. The molecule has 0 aliphatic rings. The van der Waals surface area contributed by atoms with E-state index in [1.807, 2.05) is 0 Å². The molecule has 5 N–H and O–H groups in total. The van der Waals surface area contributed by atoms with Crippen LogP contribution in [0.2, 0.25) is 0 Å². The van der Waals surface area contributed by atoms with Crippen molar-refractivity contribution in [2.75, 3.05) is 0 Å². The molecule has 0 heterocycles. The molecule has 7 heteroatoms. The first kappa shape index (κ1) is 185. The average Bonchev–Trinajstić information content (AvgIpc) is 0. The molecule has 0 bridgehead atoms. The molecule has 0 unspecified atom stereocenters. The third-order valence-electron chi connectivity index (χ3n) is 0. The zero-order chi connectivity index (χ0) is 0. The first-order valence-corrected chi connectivity index (χ1v) is 0.